The van der Waals surface area contributed by atoms with Crippen LogP contribution >= 0.6 is 0 Å². The molecule has 0 aliphatic carbocycles. The van der Waals surface area contributed by atoms with E-state index in [1.165, 1.54) is 0 Å². The van der Waals surface area contributed by atoms with E-state index in [9.17, 15) is 5.11 Å². The van der Waals surface area contributed by atoms with Gasteiger partial charge in [-0.15, -0.1) is 0 Å². The van der Waals surface area contributed by atoms with Gasteiger partial charge in [0.2, 0.25) is 0 Å². The molecule has 90 valence electrons. The standard InChI is InChI=1S/C13H17N3O/c1-2-14-12(13-15-6-7-16-13)9-10-4-3-5-11(17)8-10/h3-8,12,14,17H,2,9H2,1H3,(H,15,16). The summed E-state index contributed by atoms with van der Waals surface area (Å²) >= 11 is 0. The highest BCUT2D eigenvalue weighted by Crippen LogP contribution is 2.18. The fourth-order valence-electron chi connectivity index (χ4n) is 1.90. The van der Waals surface area contributed by atoms with Crippen molar-refractivity contribution in [1.82, 2.24) is 15.3 Å². The maximum absolute atomic E-state index is 9.44. The highest BCUT2D eigenvalue weighted by Gasteiger charge is 2.13. The van der Waals surface area contributed by atoms with Gasteiger partial charge in [-0.1, -0.05) is 19.1 Å². The second-order valence-electron chi connectivity index (χ2n) is 3.96. The van der Waals surface area contributed by atoms with E-state index in [1.807, 2.05) is 18.3 Å². The Kier molecular flexibility index (Phi) is 3.77. The molecule has 0 spiro atoms. The Labute approximate surface area is 101 Å². The zero-order valence-corrected chi connectivity index (χ0v) is 9.85. The van der Waals surface area contributed by atoms with E-state index in [2.05, 4.69) is 22.2 Å². The molecule has 1 aromatic carbocycles. The Morgan fingerprint density at radius 2 is 2.35 bits per heavy atom. The Morgan fingerprint density at radius 1 is 1.47 bits per heavy atom. The van der Waals surface area contributed by atoms with E-state index in [1.54, 1.807) is 18.3 Å². The molecule has 0 fully saturated rings. The molecule has 0 bridgehead atoms. The van der Waals surface area contributed by atoms with Crippen molar-refractivity contribution < 1.29 is 5.11 Å². The summed E-state index contributed by atoms with van der Waals surface area (Å²) in [6.45, 7) is 2.95. The normalized spacial score (nSPS) is 12.5. The third kappa shape index (κ3) is 3.07. The lowest BCUT2D eigenvalue weighted by molar-refractivity contribution is 0.472. The first kappa shape index (κ1) is 11.7. The van der Waals surface area contributed by atoms with Crippen molar-refractivity contribution in [2.45, 2.75) is 19.4 Å². The first-order valence-electron chi connectivity index (χ1n) is 5.80. The number of hydrogen-bond donors (Lipinski definition) is 3. The average molecular weight is 231 g/mol. The van der Waals surface area contributed by atoms with Gasteiger partial charge in [0.1, 0.15) is 11.6 Å². The molecule has 4 nitrogen and oxygen atoms in total. The van der Waals surface area contributed by atoms with Crippen molar-refractivity contribution in [1.29, 1.82) is 0 Å². The summed E-state index contributed by atoms with van der Waals surface area (Å²) in [4.78, 5) is 7.39. The van der Waals surface area contributed by atoms with Gasteiger partial charge in [-0.25, -0.2) is 4.98 Å². The Bertz CT molecular complexity index is 453. The number of benzene rings is 1. The molecule has 3 N–H and O–H groups in total. The summed E-state index contributed by atoms with van der Waals surface area (Å²) < 4.78 is 0. The third-order valence-electron chi connectivity index (χ3n) is 2.65. The van der Waals surface area contributed by atoms with Crippen molar-refractivity contribution >= 4 is 0 Å². The molecule has 1 atom stereocenters. The molecule has 1 unspecified atom stereocenters. The van der Waals surface area contributed by atoms with Crippen LogP contribution in [0.3, 0.4) is 0 Å². The Hall–Kier alpha value is -1.81. The van der Waals surface area contributed by atoms with Crippen LogP contribution in [0, 0.1) is 0 Å². The van der Waals surface area contributed by atoms with Crippen LogP contribution in [-0.4, -0.2) is 21.6 Å². The van der Waals surface area contributed by atoms with Gasteiger partial charge < -0.3 is 15.4 Å². The van der Waals surface area contributed by atoms with Gasteiger partial charge in [0.25, 0.3) is 0 Å². The summed E-state index contributed by atoms with van der Waals surface area (Å²) in [5, 5.41) is 12.8. The number of H-pyrrole nitrogens is 1. The number of phenolic OH excluding ortho intramolecular Hbond substituents is 1. The number of hydrogen-bond acceptors (Lipinski definition) is 3. The fourth-order valence-corrected chi connectivity index (χ4v) is 1.90. The second kappa shape index (κ2) is 5.50. The number of nitrogens with zero attached hydrogens (tertiary/aromatic N) is 1. The molecule has 1 heterocycles. The van der Waals surface area contributed by atoms with Crippen LogP contribution in [-0.2, 0) is 6.42 Å². The van der Waals surface area contributed by atoms with Crippen LogP contribution in [0.1, 0.15) is 24.4 Å². The van der Waals surface area contributed by atoms with Gasteiger partial charge >= 0.3 is 0 Å². The van der Waals surface area contributed by atoms with Crippen molar-refractivity contribution in [3.8, 4) is 5.75 Å². The Balaban J connectivity index is 2.13. The number of rotatable bonds is 5. The molecule has 0 amide bonds. The SMILES string of the molecule is CCNC(Cc1cccc(O)c1)c1ncc[nH]1. The predicted octanol–water partition coefficient (Wildman–Crippen LogP) is 2.01. The molecule has 17 heavy (non-hydrogen) atoms. The maximum Gasteiger partial charge on any atom is 0.123 e. The van der Waals surface area contributed by atoms with E-state index in [0.717, 1.165) is 24.4 Å². The highest BCUT2D eigenvalue weighted by molar-refractivity contribution is 5.28. The van der Waals surface area contributed by atoms with E-state index in [0.29, 0.717) is 5.75 Å². The van der Waals surface area contributed by atoms with E-state index in [-0.39, 0.29) is 6.04 Å². The Morgan fingerprint density at radius 3 is 3.00 bits per heavy atom. The van der Waals surface area contributed by atoms with Crippen molar-refractivity contribution in [2.75, 3.05) is 6.54 Å². The molecular weight excluding hydrogens is 214 g/mol. The zero-order valence-electron chi connectivity index (χ0n) is 9.85. The van der Waals surface area contributed by atoms with Crippen LogP contribution in [0.2, 0.25) is 0 Å². The zero-order chi connectivity index (χ0) is 12.1. The predicted molar refractivity (Wildman–Crippen MR) is 66.8 cm³/mol. The minimum Gasteiger partial charge on any atom is -0.508 e. The summed E-state index contributed by atoms with van der Waals surface area (Å²) in [5.41, 5.74) is 1.09. The molecule has 0 saturated carbocycles. The number of phenols is 1. The summed E-state index contributed by atoms with van der Waals surface area (Å²) in [7, 11) is 0. The van der Waals surface area contributed by atoms with E-state index in [4.69, 9.17) is 0 Å². The molecule has 0 saturated heterocycles. The summed E-state index contributed by atoms with van der Waals surface area (Å²) in [5.74, 6) is 1.23. The number of likely N-dealkylation sites (N-methyl/N-ethyl adjacent to an activating group) is 1. The third-order valence-corrected chi connectivity index (χ3v) is 2.65. The molecular formula is C13H17N3O. The molecule has 4 heteroatoms. The largest absolute Gasteiger partial charge is 0.508 e. The van der Waals surface area contributed by atoms with Crippen LogP contribution in [0.4, 0.5) is 0 Å². The van der Waals surface area contributed by atoms with Gasteiger partial charge in [-0.3, -0.25) is 0 Å². The molecule has 1 aromatic heterocycles. The number of aromatic amines is 1. The van der Waals surface area contributed by atoms with Gasteiger partial charge in [-0.2, -0.15) is 0 Å². The summed E-state index contributed by atoms with van der Waals surface area (Å²) in [6, 6.07) is 7.48. The molecule has 0 aliphatic rings. The van der Waals surface area contributed by atoms with Crippen molar-refractivity contribution in [3.63, 3.8) is 0 Å². The molecule has 0 aliphatic heterocycles. The van der Waals surface area contributed by atoms with E-state index < -0.39 is 0 Å². The number of aromatic nitrogens is 2. The van der Waals surface area contributed by atoms with E-state index >= 15 is 0 Å². The quantitative estimate of drug-likeness (QED) is 0.737. The number of imidazole rings is 1. The van der Waals surface area contributed by atoms with Gasteiger partial charge in [0.05, 0.1) is 6.04 Å². The van der Waals surface area contributed by atoms with Crippen molar-refractivity contribution in [3.05, 3.63) is 48.0 Å². The van der Waals surface area contributed by atoms with Crippen LogP contribution in [0.15, 0.2) is 36.7 Å². The molecule has 0 radical (unpaired) electrons. The first-order valence-corrected chi connectivity index (χ1v) is 5.80. The highest BCUT2D eigenvalue weighted by atomic mass is 16.3. The summed E-state index contributed by atoms with van der Waals surface area (Å²) in [6.07, 6.45) is 4.38. The monoisotopic (exact) mass is 231 g/mol. The minimum absolute atomic E-state index is 0.150. The molecule has 2 rings (SSSR count). The lowest BCUT2D eigenvalue weighted by Gasteiger charge is -2.15. The second-order valence-corrected chi connectivity index (χ2v) is 3.96. The first-order chi connectivity index (χ1) is 8.29. The smallest absolute Gasteiger partial charge is 0.123 e. The van der Waals surface area contributed by atoms with Gasteiger partial charge in [0.15, 0.2) is 0 Å². The van der Waals surface area contributed by atoms with Crippen LogP contribution in [0.25, 0.3) is 0 Å². The lowest BCUT2D eigenvalue weighted by Crippen LogP contribution is -2.24. The van der Waals surface area contributed by atoms with Gasteiger partial charge in [0, 0.05) is 12.4 Å². The topological polar surface area (TPSA) is 60.9 Å². The minimum atomic E-state index is 0.150. The molecule has 2 aromatic rings. The number of aromatic hydroxyl groups is 1. The average Bonchev–Trinajstić information content (AvgIpc) is 2.82. The van der Waals surface area contributed by atoms with Gasteiger partial charge in [-0.05, 0) is 30.7 Å². The van der Waals surface area contributed by atoms with Crippen molar-refractivity contribution in [2.24, 2.45) is 0 Å². The lowest BCUT2D eigenvalue weighted by atomic mass is 10.1. The van der Waals surface area contributed by atoms with Crippen LogP contribution in [0.5, 0.6) is 5.75 Å². The number of nitrogens with one attached hydrogen (secondary N) is 2. The van der Waals surface area contributed by atoms with Crippen LogP contribution < -0.4 is 5.32 Å². The maximum atomic E-state index is 9.44. The fraction of sp³-hybridized carbons (Fsp3) is 0.308.